The molecule has 210 valence electrons. The van der Waals surface area contributed by atoms with Crippen molar-refractivity contribution < 1.29 is 40.3 Å². The fourth-order valence-electron chi connectivity index (χ4n) is 6.61. The summed E-state index contributed by atoms with van der Waals surface area (Å²) in [4.78, 5) is 19.1. The van der Waals surface area contributed by atoms with Crippen molar-refractivity contribution in [2.45, 2.75) is 50.8 Å². The van der Waals surface area contributed by atoms with Gasteiger partial charge in [0.1, 0.15) is 23.6 Å². The van der Waals surface area contributed by atoms with Gasteiger partial charge in [0, 0.05) is 42.0 Å². The van der Waals surface area contributed by atoms with Crippen LogP contribution < -0.4 is 21.1 Å². The average Bonchev–Trinajstić information content (AvgIpc) is 3.18. The molecule has 0 aromatic heterocycles. The van der Waals surface area contributed by atoms with Gasteiger partial charge < -0.3 is 26.0 Å². The highest BCUT2D eigenvalue weighted by molar-refractivity contribution is 5.99. The zero-order chi connectivity index (χ0) is 28.0. The van der Waals surface area contributed by atoms with E-state index in [9.17, 15) is 31.1 Å². The SMILES string of the molecule is Nc1cc(OC(F)(F)F)ccc1C(=O)N1CCC(C2=C3N=C(C45CC(C(F)(F)F)(C4)C5)NC3NC=C2F)CC1. The number of ether oxygens (including phenoxy) is 1. The minimum atomic E-state index is -4.89. The van der Waals surface area contributed by atoms with E-state index >= 15 is 4.39 Å². The molecule has 3 aliphatic heterocycles. The van der Waals surface area contributed by atoms with E-state index in [0.717, 1.165) is 12.1 Å². The number of carbonyl (C=O) groups is 1. The van der Waals surface area contributed by atoms with Gasteiger partial charge >= 0.3 is 12.5 Å². The van der Waals surface area contributed by atoms with Gasteiger partial charge in [-0.3, -0.25) is 4.79 Å². The van der Waals surface area contributed by atoms with Crippen LogP contribution in [0.4, 0.5) is 36.4 Å². The summed E-state index contributed by atoms with van der Waals surface area (Å²) in [7, 11) is 0. The first kappa shape index (κ1) is 25.8. The van der Waals surface area contributed by atoms with Gasteiger partial charge in [-0.15, -0.1) is 13.2 Å². The molecule has 2 bridgehead atoms. The van der Waals surface area contributed by atoms with E-state index in [-0.39, 0.29) is 49.5 Å². The first-order valence-electron chi connectivity index (χ1n) is 12.4. The predicted molar refractivity (Wildman–Crippen MR) is 125 cm³/mol. The largest absolute Gasteiger partial charge is 0.573 e. The maximum absolute atomic E-state index is 15.1. The number of aliphatic imine (C=N–C) groups is 1. The van der Waals surface area contributed by atoms with Crippen LogP contribution in [0.2, 0.25) is 0 Å². The van der Waals surface area contributed by atoms with Crippen molar-refractivity contribution in [3.8, 4) is 5.75 Å². The van der Waals surface area contributed by atoms with E-state index in [2.05, 4.69) is 20.4 Å². The molecule has 3 saturated carbocycles. The van der Waals surface area contributed by atoms with Crippen LogP contribution >= 0.6 is 0 Å². The first-order chi connectivity index (χ1) is 18.2. The maximum Gasteiger partial charge on any atom is 0.573 e. The molecule has 1 aromatic carbocycles. The second-order valence-electron chi connectivity index (χ2n) is 10.9. The Morgan fingerprint density at radius 2 is 1.77 bits per heavy atom. The van der Waals surface area contributed by atoms with Crippen molar-refractivity contribution in [2.24, 2.45) is 21.7 Å². The number of hydrogen-bond donors (Lipinski definition) is 3. The number of carbonyl (C=O) groups excluding carboxylic acids is 1. The van der Waals surface area contributed by atoms with Crippen molar-refractivity contribution in [2.75, 3.05) is 18.8 Å². The van der Waals surface area contributed by atoms with Crippen LogP contribution in [0.25, 0.3) is 0 Å². The topological polar surface area (TPSA) is 92.0 Å². The summed E-state index contributed by atoms with van der Waals surface area (Å²) in [5, 5.41) is 6.03. The van der Waals surface area contributed by atoms with Crippen LogP contribution in [0.1, 0.15) is 42.5 Å². The van der Waals surface area contributed by atoms with Crippen LogP contribution in [0.15, 0.2) is 46.5 Å². The Hall–Kier alpha value is -3.45. The van der Waals surface area contributed by atoms with Crippen LogP contribution in [0, 0.1) is 16.7 Å². The molecule has 0 spiro atoms. The number of nitrogens with two attached hydrogens (primary N) is 1. The summed E-state index contributed by atoms with van der Waals surface area (Å²) in [5.41, 5.74) is 4.20. The number of nitrogens with zero attached hydrogens (tertiary/aromatic N) is 2. The van der Waals surface area contributed by atoms with E-state index in [1.807, 2.05) is 0 Å². The molecule has 3 aliphatic carbocycles. The summed E-state index contributed by atoms with van der Waals surface area (Å²) in [6, 6.07) is 3.11. The van der Waals surface area contributed by atoms with Gasteiger partial charge in [0.25, 0.3) is 5.91 Å². The Labute approximate surface area is 217 Å². The van der Waals surface area contributed by atoms with Crippen LogP contribution in [-0.2, 0) is 0 Å². The number of amides is 1. The highest BCUT2D eigenvalue weighted by Crippen LogP contribution is 2.79. The molecular formula is C25H24F7N5O2. The number of rotatable bonds is 4. The molecule has 0 radical (unpaired) electrons. The van der Waals surface area contributed by atoms with E-state index in [4.69, 9.17) is 5.73 Å². The molecule has 7 rings (SSSR count). The fraction of sp³-hybridized carbons (Fsp3) is 0.520. The number of allylic oxidation sites excluding steroid dienone is 2. The number of dihydropyridines is 1. The summed E-state index contributed by atoms with van der Waals surface area (Å²) < 4.78 is 96.2. The number of benzene rings is 1. The van der Waals surface area contributed by atoms with E-state index in [0.29, 0.717) is 29.9 Å². The zero-order valence-corrected chi connectivity index (χ0v) is 20.3. The van der Waals surface area contributed by atoms with Crippen molar-refractivity contribution in [3.63, 3.8) is 0 Å². The lowest BCUT2D eigenvalue weighted by molar-refractivity contribution is -0.343. The van der Waals surface area contributed by atoms with Crippen molar-refractivity contribution in [1.82, 2.24) is 15.5 Å². The summed E-state index contributed by atoms with van der Waals surface area (Å²) in [5.74, 6) is -1.34. The lowest BCUT2D eigenvalue weighted by Crippen LogP contribution is -2.72. The molecule has 39 heavy (non-hydrogen) atoms. The Kier molecular flexibility index (Phi) is 5.48. The molecule has 3 heterocycles. The number of amidine groups is 1. The van der Waals surface area contributed by atoms with Crippen LogP contribution in [0.5, 0.6) is 5.75 Å². The zero-order valence-electron chi connectivity index (χ0n) is 20.3. The number of likely N-dealkylation sites (tertiary alicyclic amines) is 1. The van der Waals surface area contributed by atoms with Gasteiger partial charge in [-0.05, 0) is 50.2 Å². The smallest absolute Gasteiger partial charge is 0.406 e. The average molecular weight is 559 g/mol. The summed E-state index contributed by atoms with van der Waals surface area (Å²) in [6.07, 6.45) is -7.74. The van der Waals surface area contributed by atoms with E-state index in [1.54, 1.807) is 0 Å². The van der Waals surface area contributed by atoms with Crippen LogP contribution in [0.3, 0.4) is 0 Å². The lowest BCUT2D eigenvalue weighted by atomic mass is 9.34. The lowest BCUT2D eigenvalue weighted by Gasteiger charge is -2.70. The second kappa shape index (κ2) is 8.28. The number of anilines is 1. The second-order valence-corrected chi connectivity index (χ2v) is 10.9. The minimum Gasteiger partial charge on any atom is -0.406 e. The molecule has 14 heteroatoms. The van der Waals surface area contributed by atoms with Crippen molar-refractivity contribution in [3.05, 3.63) is 47.1 Å². The van der Waals surface area contributed by atoms with Gasteiger partial charge in [0.15, 0.2) is 0 Å². The van der Waals surface area contributed by atoms with E-state index in [1.165, 1.54) is 17.2 Å². The molecular weight excluding hydrogens is 535 g/mol. The molecule has 1 amide bonds. The van der Waals surface area contributed by atoms with Gasteiger partial charge in [-0.1, -0.05) is 0 Å². The first-order valence-corrected chi connectivity index (χ1v) is 12.4. The predicted octanol–water partition coefficient (Wildman–Crippen LogP) is 4.75. The third-order valence-corrected chi connectivity index (χ3v) is 8.51. The molecule has 7 nitrogen and oxygen atoms in total. The van der Waals surface area contributed by atoms with E-state index < -0.39 is 47.0 Å². The molecule has 1 unspecified atom stereocenters. The molecule has 1 saturated heterocycles. The maximum atomic E-state index is 15.1. The number of halogens is 7. The van der Waals surface area contributed by atoms with Gasteiger partial charge in [-0.2, -0.15) is 13.2 Å². The van der Waals surface area contributed by atoms with Crippen molar-refractivity contribution in [1.29, 1.82) is 0 Å². The number of piperidine rings is 1. The number of nitrogens with one attached hydrogen (secondary N) is 2. The molecule has 4 fully saturated rings. The quantitative estimate of drug-likeness (QED) is 0.366. The minimum absolute atomic E-state index is 0.0203. The fourth-order valence-corrected chi connectivity index (χ4v) is 6.61. The van der Waals surface area contributed by atoms with Crippen LogP contribution in [-0.4, -0.2) is 48.4 Å². The number of nitrogen functional groups attached to an aromatic ring is 1. The highest BCUT2D eigenvalue weighted by atomic mass is 19.4. The van der Waals surface area contributed by atoms with Gasteiger partial charge in [0.05, 0.1) is 16.7 Å². The third-order valence-electron chi connectivity index (χ3n) is 8.51. The van der Waals surface area contributed by atoms with Gasteiger partial charge in [-0.25, -0.2) is 9.38 Å². The highest BCUT2D eigenvalue weighted by Gasteiger charge is 2.80. The number of alkyl halides is 6. The number of hydrogen-bond acceptors (Lipinski definition) is 6. The molecule has 4 N–H and O–H groups in total. The van der Waals surface area contributed by atoms with Crippen molar-refractivity contribution >= 4 is 17.4 Å². The third kappa shape index (κ3) is 4.09. The number of fused-ring (bicyclic) bond motifs is 1. The standard InChI is InChI=1S/C25H24F7N5O2/c26-15-8-34-19-18(35-21(36-19)22-9-23(10-22,11-22)24(27,28)29)17(15)12-3-5-37(6-4-12)20(38)14-2-1-13(7-16(14)33)39-25(30,31)32/h1-2,7-8,12,19,34H,3-6,9-11,33H2,(H,35,36). The summed E-state index contributed by atoms with van der Waals surface area (Å²) in [6.45, 7) is 0.488. The van der Waals surface area contributed by atoms with Gasteiger partial charge in [0.2, 0.25) is 0 Å². The Morgan fingerprint density at radius 3 is 2.36 bits per heavy atom. The normalized spacial score (nSPS) is 30.3. The summed E-state index contributed by atoms with van der Waals surface area (Å²) >= 11 is 0. The Balaban J connectivity index is 1.15. The molecule has 6 aliphatic rings. The Morgan fingerprint density at radius 1 is 1.10 bits per heavy atom. The monoisotopic (exact) mass is 559 g/mol. The molecule has 1 atom stereocenters. The Bertz CT molecular complexity index is 1310. The molecule has 1 aromatic rings.